The minimum atomic E-state index is -0.783. The highest BCUT2D eigenvalue weighted by Crippen LogP contribution is 2.27. The van der Waals surface area contributed by atoms with E-state index in [0.29, 0.717) is 24.1 Å². The van der Waals surface area contributed by atoms with E-state index < -0.39 is 23.2 Å². The summed E-state index contributed by atoms with van der Waals surface area (Å²) in [5, 5.41) is 3.55. The number of aromatic nitrogens is 1. The molecule has 5 nitrogen and oxygen atoms in total. The quantitative estimate of drug-likeness (QED) is 0.394. The first-order valence-electron chi connectivity index (χ1n) is 12.2. The summed E-state index contributed by atoms with van der Waals surface area (Å²) < 4.78 is 29.5. The predicted molar refractivity (Wildman–Crippen MR) is 140 cm³/mol. The van der Waals surface area contributed by atoms with Crippen molar-refractivity contribution >= 4 is 28.2 Å². The van der Waals surface area contributed by atoms with Crippen LogP contribution in [-0.2, 0) is 6.42 Å². The zero-order chi connectivity index (χ0) is 25.1. The van der Waals surface area contributed by atoms with Crippen molar-refractivity contribution in [2.45, 2.75) is 13.3 Å². The van der Waals surface area contributed by atoms with E-state index >= 15 is 4.39 Å². The predicted octanol–water partition coefficient (Wildman–Crippen LogP) is 5.44. The number of benzene rings is 3. The van der Waals surface area contributed by atoms with Crippen LogP contribution in [0.15, 0.2) is 72.8 Å². The summed E-state index contributed by atoms with van der Waals surface area (Å²) in [5.41, 5.74) is 3.51. The van der Waals surface area contributed by atoms with Crippen LogP contribution >= 0.6 is 0 Å². The van der Waals surface area contributed by atoms with Gasteiger partial charge < -0.3 is 10.2 Å². The fraction of sp³-hybridized carbons (Fsp3) is 0.241. The molecule has 4 aromatic rings. The van der Waals surface area contributed by atoms with Gasteiger partial charge in [0.05, 0.1) is 5.52 Å². The van der Waals surface area contributed by atoms with Gasteiger partial charge in [-0.15, -0.1) is 0 Å². The van der Waals surface area contributed by atoms with Crippen molar-refractivity contribution in [3.8, 4) is 0 Å². The van der Waals surface area contributed by atoms with Gasteiger partial charge in [-0.25, -0.2) is 8.78 Å². The number of rotatable bonds is 6. The van der Waals surface area contributed by atoms with Crippen molar-refractivity contribution in [2.75, 3.05) is 42.9 Å². The van der Waals surface area contributed by atoms with Crippen LogP contribution in [0, 0.1) is 18.6 Å². The molecule has 0 atom stereocenters. The van der Waals surface area contributed by atoms with E-state index in [2.05, 4.69) is 32.2 Å². The van der Waals surface area contributed by atoms with Crippen molar-refractivity contribution in [3.05, 3.63) is 101 Å². The third-order valence-corrected chi connectivity index (χ3v) is 6.70. The molecule has 1 N–H and O–H groups in total. The van der Waals surface area contributed by atoms with Crippen LogP contribution in [0.3, 0.4) is 0 Å². The molecule has 0 bridgehead atoms. The lowest BCUT2D eigenvalue weighted by atomic mass is 10.1. The highest BCUT2D eigenvalue weighted by molar-refractivity contribution is 6.04. The fourth-order valence-corrected chi connectivity index (χ4v) is 4.69. The monoisotopic (exact) mass is 486 g/mol. The molecule has 1 saturated heterocycles. The molecule has 0 spiro atoms. The van der Waals surface area contributed by atoms with Gasteiger partial charge in [0.25, 0.3) is 5.91 Å². The normalized spacial score (nSPS) is 14.2. The third-order valence-electron chi connectivity index (χ3n) is 6.70. The van der Waals surface area contributed by atoms with Crippen LogP contribution in [0.5, 0.6) is 0 Å². The number of pyridine rings is 1. The van der Waals surface area contributed by atoms with E-state index in [-0.39, 0.29) is 0 Å². The smallest absolute Gasteiger partial charge is 0.255 e. The molecule has 0 unspecified atom stereocenters. The zero-order valence-corrected chi connectivity index (χ0v) is 20.2. The summed E-state index contributed by atoms with van der Waals surface area (Å²) in [7, 11) is 0. The average Bonchev–Trinajstić information content (AvgIpc) is 2.91. The van der Waals surface area contributed by atoms with Gasteiger partial charge in [0, 0.05) is 55.1 Å². The Hall–Kier alpha value is -3.84. The molecule has 1 aromatic heterocycles. The van der Waals surface area contributed by atoms with E-state index in [9.17, 15) is 9.18 Å². The van der Waals surface area contributed by atoms with Crippen molar-refractivity contribution in [3.63, 3.8) is 0 Å². The summed E-state index contributed by atoms with van der Waals surface area (Å²) in [5.74, 6) is -2.04. The van der Waals surface area contributed by atoms with Crippen molar-refractivity contribution in [1.82, 2.24) is 9.88 Å². The van der Waals surface area contributed by atoms with E-state index in [1.807, 2.05) is 25.1 Å². The average molecular weight is 487 g/mol. The van der Waals surface area contributed by atoms with Crippen LogP contribution < -0.4 is 10.2 Å². The van der Waals surface area contributed by atoms with E-state index in [0.717, 1.165) is 42.8 Å². The minimum absolute atomic E-state index is 0.344. The van der Waals surface area contributed by atoms with Crippen molar-refractivity contribution in [2.24, 2.45) is 0 Å². The van der Waals surface area contributed by atoms with Gasteiger partial charge in [-0.2, -0.15) is 0 Å². The number of fused-ring (bicyclic) bond motifs is 1. The Morgan fingerprint density at radius 3 is 2.47 bits per heavy atom. The lowest BCUT2D eigenvalue weighted by Crippen LogP contribution is -2.47. The molecule has 184 valence electrons. The maximum absolute atomic E-state index is 15.1. The van der Waals surface area contributed by atoms with Crippen molar-refractivity contribution < 1.29 is 13.6 Å². The first-order valence-corrected chi connectivity index (χ1v) is 12.2. The maximum atomic E-state index is 15.1. The van der Waals surface area contributed by atoms with Gasteiger partial charge in [0.2, 0.25) is 0 Å². The summed E-state index contributed by atoms with van der Waals surface area (Å²) in [6, 6.07) is 21.4. The Labute approximate surface area is 209 Å². The summed E-state index contributed by atoms with van der Waals surface area (Å²) in [6.07, 6.45) is 0.428. The number of amides is 1. The first-order chi connectivity index (χ1) is 17.5. The second-order valence-corrected chi connectivity index (χ2v) is 9.09. The Balaban J connectivity index is 1.21. The molecule has 0 aliphatic carbocycles. The number of anilines is 2. The molecule has 0 saturated carbocycles. The van der Waals surface area contributed by atoms with Gasteiger partial charge in [0.15, 0.2) is 5.82 Å². The highest BCUT2D eigenvalue weighted by Gasteiger charge is 2.21. The number of carbonyl (C=O) groups excluding carboxylic acids is 1. The van der Waals surface area contributed by atoms with E-state index in [1.54, 1.807) is 30.3 Å². The Morgan fingerprint density at radius 1 is 0.917 bits per heavy atom. The van der Waals surface area contributed by atoms with Crippen LogP contribution in [-0.4, -0.2) is 48.5 Å². The standard InChI is InChI=1S/C29H28F2N4O/c1-20-10-12-23-25(32-20)8-5-9-26(23)35-18-16-34(17-19-35)15-14-21-11-13-24(30)28(27(21)31)33-29(36)22-6-3-2-4-7-22/h2-13H,14-19H2,1H3,(H,33,36). The Bertz CT molecular complexity index is 1390. The van der Waals surface area contributed by atoms with Gasteiger partial charge >= 0.3 is 0 Å². The molecular formula is C29H28F2N4O. The molecular weight excluding hydrogens is 458 g/mol. The third kappa shape index (κ3) is 5.06. The number of piperazine rings is 1. The van der Waals surface area contributed by atoms with Crippen molar-refractivity contribution in [1.29, 1.82) is 0 Å². The lowest BCUT2D eigenvalue weighted by molar-refractivity contribution is 0.102. The van der Waals surface area contributed by atoms with Crippen LogP contribution in [0.1, 0.15) is 21.6 Å². The second-order valence-electron chi connectivity index (χ2n) is 9.09. The molecule has 5 rings (SSSR count). The number of nitrogens with one attached hydrogen (secondary N) is 1. The number of halogens is 2. The fourth-order valence-electron chi connectivity index (χ4n) is 4.69. The van der Waals surface area contributed by atoms with Gasteiger partial charge in [-0.05, 0) is 61.4 Å². The van der Waals surface area contributed by atoms with Gasteiger partial charge in [-0.1, -0.05) is 30.3 Å². The van der Waals surface area contributed by atoms with Gasteiger partial charge in [0.1, 0.15) is 11.5 Å². The van der Waals surface area contributed by atoms with E-state index in [1.165, 1.54) is 17.8 Å². The molecule has 36 heavy (non-hydrogen) atoms. The molecule has 1 amide bonds. The van der Waals surface area contributed by atoms with Crippen LogP contribution in [0.25, 0.3) is 10.9 Å². The molecule has 1 fully saturated rings. The number of carbonyl (C=O) groups is 1. The Kier molecular flexibility index (Phi) is 6.91. The molecule has 3 aromatic carbocycles. The molecule has 0 radical (unpaired) electrons. The number of aryl methyl sites for hydroxylation is 1. The largest absolute Gasteiger partial charge is 0.368 e. The SMILES string of the molecule is Cc1ccc2c(N3CCN(CCc4ccc(F)c(NC(=O)c5ccccc5)c4F)CC3)cccc2n1. The molecule has 1 aliphatic rings. The van der Waals surface area contributed by atoms with Gasteiger partial charge in [-0.3, -0.25) is 14.7 Å². The van der Waals surface area contributed by atoms with E-state index in [4.69, 9.17) is 0 Å². The maximum Gasteiger partial charge on any atom is 0.255 e. The number of hydrogen-bond donors (Lipinski definition) is 1. The zero-order valence-electron chi connectivity index (χ0n) is 20.2. The number of nitrogens with zero attached hydrogens (tertiary/aromatic N) is 3. The van der Waals surface area contributed by atoms with Crippen LogP contribution in [0.2, 0.25) is 0 Å². The number of hydrogen-bond acceptors (Lipinski definition) is 4. The topological polar surface area (TPSA) is 48.5 Å². The molecule has 7 heteroatoms. The van der Waals surface area contributed by atoms with Crippen LogP contribution in [0.4, 0.5) is 20.2 Å². The molecule has 2 heterocycles. The Morgan fingerprint density at radius 2 is 1.69 bits per heavy atom. The minimum Gasteiger partial charge on any atom is -0.368 e. The molecule has 1 aliphatic heterocycles. The highest BCUT2D eigenvalue weighted by atomic mass is 19.1. The summed E-state index contributed by atoms with van der Waals surface area (Å²) in [6.45, 7) is 6.05. The summed E-state index contributed by atoms with van der Waals surface area (Å²) >= 11 is 0. The first kappa shape index (κ1) is 23.9. The lowest BCUT2D eigenvalue weighted by Gasteiger charge is -2.36. The summed E-state index contributed by atoms with van der Waals surface area (Å²) in [4.78, 5) is 21.7. The second kappa shape index (κ2) is 10.4.